The summed E-state index contributed by atoms with van der Waals surface area (Å²) in [6.07, 6.45) is 22.2. The van der Waals surface area contributed by atoms with Crippen LogP contribution in [0.2, 0.25) is 0 Å². The van der Waals surface area contributed by atoms with Crippen molar-refractivity contribution >= 4 is 66.3 Å². The van der Waals surface area contributed by atoms with Gasteiger partial charge in [0.25, 0.3) is 0 Å². The molecule has 7 aromatic carbocycles. The number of fused-ring (bicyclic) bond motifs is 1. The lowest BCUT2D eigenvalue weighted by Crippen LogP contribution is -2.18. The number of anilines is 5. The summed E-state index contributed by atoms with van der Waals surface area (Å²) in [5.41, 5.74) is 9.58. The first-order valence-corrected chi connectivity index (χ1v) is 20.7. The lowest BCUT2D eigenvalue weighted by atomic mass is 9.91. The average Bonchev–Trinajstić information content (AvgIpc) is 3.63. The van der Waals surface area contributed by atoms with Crippen LogP contribution in [0.4, 0.5) is 28.4 Å². The van der Waals surface area contributed by atoms with Gasteiger partial charge in [0, 0.05) is 39.7 Å². The Labute approximate surface area is 361 Å². The summed E-state index contributed by atoms with van der Waals surface area (Å²) in [4.78, 5) is 4.50. The summed E-state index contributed by atoms with van der Waals surface area (Å²) >= 11 is 0. The Hall–Kier alpha value is -8.32. The van der Waals surface area contributed by atoms with Gasteiger partial charge in [0.1, 0.15) is 18.1 Å². The van der Waals surface area contributed by atoms with Crippen molar-refractivity contribution in [2.75, 3.05) is 16.4 Å². The number of hydrogen-bond acceptors (Lipinski definition) is 6. The molecule has 0 bridgehead atoms. The fourth-order valence-corrected chi connectivity index (χ4v) is 8.81. The number of nitrogens with zero attached hydrogens (tertiary/aromatic N) is 4. The van der Waals surface area contributed by atoms with Crippen LogP contribution in [0.25, 0.3) is 37.9 Å². The van der Waals surface area contributed by atoms with Gasteiger partial charge in [-0.2, -0.15) is 10.5 Å². The molecule has 0 aromatic heterocycles. The molecule has 10 rings (SSSR count). The van der Waals surface area contributed by atoms with Gasteiger partial charge in [-0.05, 0) is 125 Å². The number of para-hydroxylation sites is 1. The normalized spacial score (nSPS) is 16.4. The van der Waals surface area contributed by atoms with Gasteiger partial charge in [0.15, 0.2) is 5.75 Å². The van der Waals surface area contributed by atoms with Crippen LogP contribution >= 0.6 is 0 Å². The number of benzene rings is 7. The summed E-state index contributed by atoms with van der Waals surface area (Å²) < 4.78 is 13.3. The summed E-state index contributed by atoms with van der Waals surface area (Å²) in [6, 6.07) is 43.8. The van der Waals surface area contributed by atoms with E-state index in [0.29, 0.717) is 24.2 Å². The maximum atomic E-state index is 9.77. The van der Waals surface area contributed by atoms with Gasteiger partial charge in [-0.3, -0.25) is 0 Å². The smallest absolute Gasteiger partial charge is 0.151 e. The van der Waals surface area contributed by atoms with E-state index in [4.69, 9.17) is 9.47 Å². The first-order valence-electron chi connectivity index (χ1n) is 20.7. The van der Waals surface area contributed by atoms with Crippen LogP contribution in [0.3, 0.4) is 0 Å². The standard InChI is InChI=1S/C56H40N4O2/c1-3-11-50(53-34-42-13-7-4-8-16-52(42)62-53)59(43-25-17-38(35-57)18-26-43)48-31-23-40-22-30-47-49(32-24-41-21-29-46(48)54(40)55(41)47)60(44-27-19-39(36-58)20-28-44)51-15-10-14-45-37(2)12-6-5-9-33-61-56(45)51/h3,5-32H,2,4,33-34H2,1H3/b9-5-,11-3-,12-6-,53-50-. The van der Waals surface area contributed by atoms with Crippen molar-refractivity contribution in [2.45, 2.75) is 19.8 Å². The van der Waals surface area contributed by atoms with Crippen LogP contribution in [0.15, 0.2) is 205 Å². The minimum atomic E-state index is 0.391. The van der Waals surface area contributed by atoms with Crippen LogP contribution in [0.1, 0.15) is 36.5 Å². The summed E-state index contributed by atoms with van der Waals surface area (Å²) in [6.45, 7) is 6.82. The molecule has 0 saturated carbocycles. The minimum Gasteiger partial charge on any atom is -0.487 e. The van der Waals surface area contributed by atoms with E-state index in [9.17, 15) is 10.5 Å². The highest BCUT2D eigenvalue weighted by Gasteiger charge is 2.28. The second-order valence-electron chi connectivity index (χ2n) is 15.4. The zero-order valence-corrected chi connectivity index (χ0v) is 34.2. The van der Waals surface area contributed by atoms with E-state index in [1.54, 1.807) is 0 Å². The van der Waals surface area contributed by atoms with Crippen molar-refractivity contribution in [1.82, 2.24) is 0 Å². The van der Waals surface area contributed by atoms with Gasteiger partial charge in [-0.25, -0.2) is 0 Å². The molecule has 6 heteroatoms. The third kappa shape index (κ3) is 6.61. The first kappa shape index (κ1) is 37.9. The fraction of sp³-hybridized carbons (Fsp3) is 0.0714. The third-order valence-corrected chi connectivity index (χ3v) is 11.7. The zero-order chi connectivity index (χ0) is 42.2. The van der Waals surface area contributed by atoms with Crippen molar-refractivity contribution in [3.05, 3.63) is 222 Å². The van der Waals surface area contributed by atoms with E-state index in [2.05, 4.69) is 120 Å². The molecule has 0 amide bonds. The van der Waals surface area contributed by atoms with Crippen LogP contribution in [0.5, 0.6) is 5.75 Å². The van der Waals surface area contributed by atoms with Gasteiger partial charge in [-0.15, -0.1) is 0 Å². The number of rotatable bonds is 7. The van der Waals surface area contributed by atoms with Gasteiger partial charge in [-0.1, -0.05) is 97.6 Å². The Balaban J connectivity index is 1.22. The van der Waals surface area contributed by atoms with E-state index >= 15 is 0 Å². The van der Waals surface area contributed by atoms with Gasteiger partial charge in [0.2, 0.25) is 0 Å². The average molecular weight is 801 g/mol. The molecule has 62 heavy (non-hydrogen) atoms. The van der Waals surface area contributed by atoms with Gasteiger partial charge >= 0.3 is 0 Å². The minimum absolute atomic E-state index is 0.391. The summed E-state index contributed by atoms with van der Waals surface area (Å²) in [5, 5.41) is 26.2. The molecule has 0 saturated heterocycles. The molecular weight excluding hydrogens is 761 g/mol. The van der Waals surface area contributed by atoms with Crippen LogP contribution in [-0.2, 0) is 4.74 Å². The number of allylic oxidation sites excluding steroid dienone is 11. The third-order valence-electron chi connectivity index (χ3n) is 11.7. The molecule has 6 nitrogen and oxygen atoms in total. The van der Waals surface area contributed by atoms with E-state index in [1.807, 2.05) is 91.9 Å². The molecule has 0 N–H and O–H groups in total. The molecule has 296 valence electrons. The van der Waals surface area contributed by atoms with Crippen molar-refractivity contribution in [3.8, 4) is 17.9 Å². The summed E-state index contributed by atoms with van der Waals surface area (Å²) in [7, 11) is 0. The molecule has 0 radical (unpaired) electrons. The Kier molecular flexibility index (Phi) is 9.81. The SMILES string of the molecule is C=C1/C=C\C=C/COc2c1cccc2N(c1ccc(C#N)cc1)c1ccc2ccc3c(N(C(/C=C\C)=C4/CC5=C(C=CCC=C5)O4)c4ccc(C#N)cc4)ccc4ccc1c2c43. The lowest BCUT2D eigenvalue weighted by molar-refractivity contribution is 0.333. The highest BCUT2D eigenvalue weighted by atomic mass is 16.5. The molecule has 0 atom stereocenters. The molecule has 2 heterocycles. The Morgan fingerprint density at radius 1 is 0.677 bits per heavy atom. The second kappa shape index (κ2) is 16.0. The van der Waals surface area contributed by atoms with Crippen molar-refractivity contribution < 1.29 is 9.47 Å². The van der Waals surface area contributed by atoms with Crippen LogP contribution in [-0.4, -0.2) is 6.61 Å². The molecule has 2 aliphatic heterocycles. The van der Waals surface area contributed by atoms with Gasteiger partial charge in [0.05, 0.1) is 46.0 Å². The number of nitriles is 2. The van der Waals surface area contributed by atoms with E-state index in [-0.39, 0.29) is 0 Å². The Bertz CT molecular complexity index is 3230. The van der Waals surface area contributed by atoms with Gasteiger partial charge < -0.3 is 19.3 Å². The van der Waals surface area contributed by atoms with Crippen LogP contribution < -0.4 is 14.5 Å². The maximum absolute atomic E-state index is 9.77. The number of hydrogen-bond donors (Lipinski definition) is 0. The molecule has 0 fully saturated rings. The quantitative estimate of drug-likeness (QED) is 0.150. The molecule has 0 unspecified atom stereocenters. The van der Waals surface area contributed by atoms with Crippen molar-refractivity contribution in [3.63, 3.8) is 0 Å². The topological polar surface area (TPSA) is 72.5 Å². The van der Waals surface area contributed by atoms with Crippen molar-refractivity contribution in [1.29, 1.82) is 10.5 Å². The predicted octanol–water partition coefficient (Wildman–Crippen LogP) is 14.4. The maximum Gasteiger partial charge on any atom is 0.151 e. The monoisotopic (exact) mass is 800 g/mol. The second-order valence-corrected chi connectivity index (χ2v) is 15.4. The van der Waals surface area contributed by atoms with E-state index in [0.717, 1.165) is 107 Å². The molecular formula is C56H40N4O2. The Morgan fingerprint density at radius 3 is 2.05 bits per heavy atom. The van der Waals surface area contributed by atoms with E-state index < -0.39 is 0 Å². The molecule has 7 aromatic rings. The molecule has 0 spiro atoms. The fourth-order valence-electron chi connectivity index (χ4n) is 8.81. The molecule has 3 aliphatic rings. The highest BCUT2D eigenvalue weighted by molar-refractivity contribution is 6.28. The Morgan fingerprint density at radius 2 is 1.34 bits per heavy atom. The first-order chi connectivity index (χ1) is 30.5. The van der Waals surface area contributed by atoms with Crippen LogP contribution in [0, 0.1) is 22.7 Å². The zero-order valence-electron chi connectivity index (χ0n) is 34.2. The highest BCUT2D eigenvalue weighted by Crippen LogP contribution is 2.50. The predicted molar refractivity (Wildman–Crippen MR) is 253 cm³/mol. The largest absolute Gasteiger partial charge is 0.487 e. The van der Waals surface area contributed by atoms with Crippen molar-refractivity contribution in [2.24, 2.45) is 0 Å². The van der Waals surface area contributed by atoms with E-state index in [1.165, 1.54) is 0 Å². The lowest BCUT2D eigenvalue weighted by Gasteiger charge is -2.31. The molecule has 1 aliphatic carbocycles. The number of ether oxygens (including phenoxy) is 2. The summed E-state index contributed by atoms with van der Waals surface area (Å²) in [5.74, 6) is 2.44.